The highest BCUT2D eigenvalue weighted by Crippen LogP contribution is 2.10. The fourth-order valence-corrected chi connectivity index (χ4v) is 4.72. The van der Waals surface area contributed by atoms with Crippen molar-refractivity contribution in [2.24, 2.45) is 11.1 Å². The molecule has 0 saturated heterocycles. The van der Waals surface area contributed by atoms with E-state index in [0.717, 1.165) is 5.56 Å². The van der Waals surface area contributed by atoms with Gasteiger partial charge >= 0.3 is 0 Å². The molecule has 13 nitrogen and oxygen atoms in total. The molecule has 4 amide bonds. The largest absolute Gasteiger partial charge is 0.345 e. The maximum atomic E-state index is 13.3. The first kappa shape index (κ1) is 34.5. The van der Waals surface area contributed by atoms with Crippen LogP contribution in [0.5, 0.6) is 0 Å². The summed E-state index contributed by atoms with van der Waals surface area (Å²) in [6.45, 7) is 4.64. The number of aromatic nitrogens is 1. The maximum Gasteiger partial charge on any atom is 0.289 e. The van der Waals surface area contributed by atoms with Crippen molar-refractivity contribution in [3.05, 3.63) is 95.8 Å². The molecule has 45 heavy (non-hydrogen) atoms. The Hall–Kier alpha value is -4.95. The average Bonchev–Trinajstić information content (AvgIpc) is 3.02. The van der Waals surface area contributed by atoms with Crippen molar-refractivity contribution >= 4 is 39.4 Å². The highest BCUT2D eigenvalue weighted by atomic mass is 32.2. The second-order valence-corrected chi connectivity index (χ2v) is 12.2. The van der Waals surface area contributed by atoms with Gasteiger partial charge in [0.15, 0.2) is 0 Å². The lowest BCUT2D eigenvalue weighted by atomic mass is 9.98. The van der Waals surface area contributed by atoms with Crippen molar-refractivity contribution in [1.82, 2.24) is 26.3 Å². The molecule has 0 spiro atoms. The van der Waals surface area contributed by atoms with E-state index in [2.05, 4.69) is 26.3 Å². The molecule has 0 radical (unpaired) electrons. The summed E-state index contributed by atoms with van der Waals surface area (Å²) in [4.78, 5) is 68.6. The van der Waals surface area contributed by atoms with Crippen LogP contribution in [0, 0.1) is 5.92 Å². The molecule has 3 aromatic rings. The first-order chi connectivity index (χ1) is 21.3. The number of nitrogens with two attached hydrogens (primary N) is 1. The maximum absolute atomic E-state index is 13.3. The fourth-order valence-electron chi connectivity index (χ4n) is 4.20. The number of primary sulfonamides is 1. The molecule has 0 saturated carbocycles. The quantitative estimate of drug-likeness (QED) is 0.158. The van der Waals surface area contributed by atoms with E-state index in [-0.39, 0.29) is 17.9 Å². The molecule has 1 heterocycles. The van der Waals surface area contributed by atoms with Gasteiger partial charge < -0.3 is 21.3 Å². The van der Waals surface area contributed by atoms with E-state index in [9.17, 15) is 32.4 Å². The number of sulfonamides is 1. The minimum atomic E-state index is -3.88. The molecule has 3 atom stereocenters. The van der Waals surface area contributed by atoms with E-state index in [1.165, 1.54) is 55.7 Å². The monoisotopic (exact) mass is 636 g/mol. The number of benzene rings is 2. The second kappa shape index (κ2) is 15.7. The summed E-state index contributed by atoms with van der Waals surface area (Å²) in [5.74, 6) is -4.16. The lowest BCUT2D eigenvalue weighted by molar-refractivity contribution is -0.141. The fraction of sp³-hybridized carbons (Fsp3) is 0.290. The molecule has 6 N–H and O–H groups in total. The molecule has 0 aliphatic rings. The first-order valence-corrected chi connectivity index (χ1v) is 15.6. The molecular formula is C31H36N6O7S. The Morgan fingerprint density at radius 2 is 1.40 bits per heavy atom. The standard InChI is InChI=1S/C31H36N6O7S/c1-19(2)26(27(38)31(42)34-18-22-9-11-24(12-10-22)45(32,43)44)37-28(39)20(3)35-30(41)25(17-21-7-5-4-6-8-21)36-29(40)23-13-15-33-16-14-23/h4-16,19-20,25-26H,17-18H2,1-3H3,(H,34,42)(H,35,41)(H,36,40)(H,37,39)(H2,32,43,44). The molecular weight excluding hydrogens is 600 g/mol. The van der Waals surface area contributed by atoms with Crippen molar-refractivity contribution in [2.45, 2.75) is 56.8 Å². The van der Waals surface area contributed by atoms with Crippen LogP contribution in [0.3, 0.4) is 0 Å². The molecule has 2 aromatic carbocycles. The van der Waals surface area contributed by atoms with Crippen LogP contribution in [0.15, 0.2) is 84.0 Å². The first-order valence-electron chi connectivity index (χ1n) is 14.1. The SMILES string of the molecule is CC(NC(=O)C(Cc1ccccc1)NC(=O)c1ccncc1)C(=O)NC(C(=O)C(=O)NCc1ccc(S(N)(=O)=O)cc1)C(C)C. The van der Waals surface area contributed by atoms with Gasteiger partial charge in [0, 0.05) is 30.9 Å². The van der Waals surface area contributed by atoms with Gasteiger partial charge in [0.2, 0.25) is 27.6 Å². The highest BCUT2D eigenvalue weighted by molar-refractivity contribution is 7.89. The van der Waals surface area contributed by atoms with Crippen LogP contribution in [0.25, 0.3) is 0 Å². The van der Waals surface area contributed by atoms with Crippen molar-refractivity contribution in [3.8, 4) is 0 Å². The topological polar surface area (TPSA) is 207 Å². The van der Waals surface area contributed by atoms with E-state index in [4.69, 9.17) is 5.14 Å². The summed E-state index contributed by atoms with van der Waals surface area (Å²) in [5.41, 5.74) is 1.60. The van der Waals surface area contributed by atoms with Gasteiger partial charge in [-0.25, -0.2) is 13.6 Å². The Balaban J connectivity index is 1.63. The van der Waals surface area contributed by atoms with Gasteiger partial charge in [-0.05, 0) is 48.2 Å². The zero-order chi connectivity index (χ0) is 33.1. The Morgan fingerprint density at radius 3 is 1.98 bits per heavy atom. The highest BCUT2D eigenvalue weighted by Gasteiger charge is 2.32. The lowest BCUT2D eigenvalue weighted by Crippen LogP contribution is -2.57. The Bertz CT molecular complexity index is 1620. The van der Waals surface area contributed by atoms with Gasteiger partial charge in [-0.15, -0.1) is 0 Å². The predicted octanol–water partition coefficient (Wildman–Crippen LogP) is 0.601. The number of ketones is 1. The number of rotatable bonds is 14. The van der Waals surface area contributed by atoms with Gasteiger partial charge in [0.1, 0.15) is 12.1 Å². The van der Waals surface area contributed by atoms with Crippen LogP contribution in [0.4, 0.5) is 0 Å². The number of pyridine rings is 1. The average molecular weight is 637 g/mol. The van der Waals surface area contributed by atoms with Crippen LogP contribution in [-0.2, 0) is 42.2 Å². The van der Waals surface area contributed by atoms with Crippen LogP contribution < -0.4 is 26.4 Å². The van der Waals surface area contributed by atoms with E-state index in [1.807, 2.05) is 6.07 Å². The van der Waals surface area contributed by atoms with Crippen LogP contribution in [0.2, 0.25) is 0 Å². The number of hydrogen-bond acceptors (Lipinski definition) is 8. The van der Waals surface area contributed by atoms with Crippen molar-refractivity contribution in [1.29, 1.82) is 0 Å². The predicted molar refractivity (Wildman–Crippen MR) is 165 cm³/mol. The van der Waals surface area contributed by atoms with Crippen molar-refractivity contribution in [3.63, 3.8) is 0 Å². The molecule has 3 unspecified atom stereocenters. The smallest absolute Gasteiger partial charge is 0.289 e. The zero-order valence-electron chi connectivity index (χ0n) is 25.0. The summed E-state index contributed by atoms with van der Waals surface area (Å²) in [5, 5.41) is 15.4. The molecule has 0 aliphatic heterocycles. The number of nitrogens with zero attached hydrogens (tertiary/aromatic N) is 1. The van der Waals surface area contributed by atoms with E-state index in [0.29, 0.717) is 11.1 Å². The number of nitrogens with one attached hydrogen (secondary N) is 4. The minimum absolute atomic E-state index is 0.0747. The number of hydrogen-bond donors (Lipinski definition) is 5. The number of carbonyl (C=O) groups excluding carboxylic acids is 5. The van der Waals surface area contributed by atoms with Gasteiger partial charge in [-0.2, -0.15) is 0 Å². The zero-order valence-corrected chi connectivity index (χ0v) is 25.8. The number of amides is 4. The third kappa shape index (κ3) is 10.3. The summed E-state index contributed by atoms with van der Waals surface area (Å²) in [6, 6.07) is 14.1. The second-order valence-electron chi connectivity index (χ2n) is 10.6. The molecule has 3 rings (SSSR count). The van der Waals surface area contributed by atoms with Crippen molar-refractivity contribution in [2.75, 3.05) is 0 Å². The van der Waals surface area contributed by atoms with E-state index in [1.54, 1.807) is 38.1 Å². The Labute approximate surface area is 261 Å². The number of carbonyl (C=O) groups is 5. The van der Waals surface area contributed by atoms with Gasteiger partial charge in [0.25, 0.3) is 11.8 Å². The van der Waals surface area contributed by atoms with E-state index < -0.39 is 63.5 Å². The van der Waals surface area contributed by atoms with Crippen LogP contribution in [-0.4, -0.2) is 60.9 Å². The lowest BCUT2D eigenvalue weighted by Gasteiger charge is -2.25. The van der Waals surface area contributed by atoms with Crippen LogP contribution >= 0.6 is 0 Å². The summed E-state index contributed by atoms with van der Waals surface area (Å²) >= 11 is 0. The van der Waals surface area contributed by atoms with Gasteiger partial charge in [-0.1, -0.05) is 56.3 Å². The van der Waals surface area contributed by atoms with Crippen molar-refractivity contribution < 1.29 is 32.4 Å². The Morgan fingerprint density at radius 1 is 0.778 bits per heavy atom. The summed E-state index contributed by atoms with van der Waals surface area (Å²) in [7, 11) is -3.88. The van der Waals surface area contributed by atoms with Gasteiger partial charge in [-0.3, -0.25) is 29.0 Å². The molecule has 1 aromatic heterocycles. The third-order valence-corrected chi connectivity index (χ3v) is 7.70. The third-order valence-electron chi connectivity index (χ3n) is 6.77. The number of Topliss-reactive ketones (excluding diaryl/α,β-unsaturated/α-hetero) is 1. The molecule has 0 aliphatic carbocycles. The normalized spacial score (nSPS) is 13.2. The molecule has 0 fully saturated rings. The van der Waals surface area contributed by atoms with Gasteiger partial charge in [0.05, 0.1) is 10.9 Å². The minimum Gasteiger partial charge on any atom is -0.345 e. The Kier molecular flexibility index (Phi) is 12.0. The molecule has 14 heteroatoms. The summed E-state index contributed by atoms with van der Waals surface area (Å²) in [6.07, 6.45) is 3.05. The summed E-state index contributed by atoms with van der Waals surface area (Å²) < 4.78 is 22.8. The molecule has 0 bridgehead atoms. The van der Waals surface area contributed by atoms with Crippen LogP contribution in [0.1, 0.15) is 42.3 Å². The van der Waals surface area contributed by atoms with E-state index >= 15 is 0 Å². The molecule has 238 valence electrons.